The van der Waals surface area contributed by atoms with Gasteiger partial charge in [-0.1, -0.05) is 42.1 Å². The highest BCUT2D eigenvalue weighted by atomic mass is 32.2. The molecule has 0 spiro atoms. The minimum Gasteiger partial charge on any atom is -0.352 e. The summed E-state index contributed by atoms with van der Waals surface area (Å²) in [6, 6.07) is 17.6. The molecule has 5 heteroatoms. The van der Waals surface area contributed by atoms with Gasteiger partial charge in [-0.25, -0.2) is 0 Å². The highest BCUT2D eigenvalue weighted by Crippen LogP contribution is 2.16. The van der Waals surface area contributed by atoms with Crippen molar-refractivity contribution in [2.75, 3.05) is 24.2 Å². The first kappa shape index (κ1) is 16.6. The lowest BCUT2D eigenvalue weighted by Gasteiger charge is -2.13. The molecular formula is C19H21N3OS. The molecule has 2 N–H and O–H groups in total. The molecule has 0 unspecified atom stereocenters. The highest BCUT2D eigenvalue weighted by molar-refractivity contribution is 8.14. The van der Waals surface area contributed by atoms with E-state index in [4.69, 9.17) is 0 Å². The van der Waals surface area contributed by atoms with E-state index in [9.17, 15) is 4.79 Å². The zero-order valence-corrected chi connectivity index (χ0v) is 14.3. The number of amidine groups is 1. The molecule has 0 atom stereocenters. The van der Waals surface area contributed by atoms with Crippen molar-refractivity contribution in [3.63, 3.8) is 0 Å². The number of nitrogens with one attached hydrogen (secondary N) is 2. The van der Waals surface area contributed by atoms with Gasteiger partial charge in [0.25, 0.3) is 5.91 Å². The predicted molar refractivity (Wildman–Crippen MR) is 102 cm³/mol. The normalized spacial score (nSPS) is 13.9. The van der Waals surface area contributed by atoms with Gasteiger partial charge in [0.2, 0.25) is 0 Å². The molecule has 0 bridgehead atoms. The average Bonchev–Trinajstić information content (AvgIpc) is 2.65. The molecule has 0 radical (unpaired) electrons. The van der Waals surface area contributed by atoms with Crippen molar-refractivity contribution in [2.45, 2.75) is 12.8 Å². The Hall–Kier alpha value is -2.27. The quantitative estimate of drug-likeness (QED) is 0.876. The SMILES string of the molecule is O=C(NCCc1ccc(NC2=NCCCS2)cc1)c1ccccc1. The molecular weight excluding hydrogens is 318 g/mol. The number of benzene rings is 2. The summed E-state index contributed by atoms with van der Waals surface area (Å²) >= 11 is 1.77. The second-order valence-corrected chi connectivity index (χ2v) is 6.67. The first-order chi connectivity index (χ1) is 11.8. The molecule has 0 saturated heterocycles. The van der Waals surface area contributed by atoms with Crippen molar-refractivity contribution in [1.29, 1.82) is 0 Å². The molecule has 1 aliphatic heterocycles. The Balaban J connectivity index is 1.46. The number of anilines is 1. The monoisotopic (exact) mass is 339 g/mol. The Morgan fingerprint density at radius 2 is 1.88 bits per heavy atom. The molecule has 0 fully saturated rings. The fourth-order valence-corrected chi connectivity index (χ4v) is 3.26. The summed E-state index contributed by atoms with van der Waals surface area (Å²) in [5.41, 5.74) is 2.95. The van der Waals surface area contributed by atoms with E-state index in [0.717, 1.165) is 36.0 Å². The van der Waals surface area contributed by atoms with Gasteiger partial charge < -0.3 is 10.6 Å². The third-order valence-corrected chi connectivity index (χ3v) is 4.73. The van der Waals surface area contributed by atoms with Crippen molar-refractivity contribution in [3.8, 4) is 0 Å². The van der Waals surface area contributed by atoms with Crippen LogP contribution in [-0.2, 0) is 6.42 Å². The van der Waals surface area contributed by atoms with Crippen LogP contribution in [0.1, 0.15) is 22.3 Å². The number of hydrogen-bond acceptors (Lipinski definition) is 4. The van der Waals surface area contributed by atoms with Gasteiger partial charge in [-0.2, -0.15) is 0 Å². The largest absolute Gasteiger partial charge is 0.352 e. The van der Waals surface area contributed by atoms with Crippen LogP contribution < -0.4 is 10.6 Å². The Morgan fingerprint density at radius 1 is 1.08 bits per heavy atom. The summed E-state index contributed by atoms with van der Waals surface area (Å²) in [4.78, 5) is 16.4. The maximum absolute atomic E-state index is 12.0. The van der Waals surface area contributed by atoms with Crippen LogP contribution in [0, 0.1) is 0 Å². The van der Waals surface area contributed by atoms with Crippen LogP contribution in [0.4, 0.5) is 5.69 Å². The third-order valence-electron chi connectivity index (χ3n) is 3.74. The summed E-state index contributed by atoms with van der Waals surface area (Å²) in [6.07, 6.45) is 1.97. The van der Waals surface area contributed by atoms with Crippen LogP contribution >= 0.6 is 11.8 Å². The summed E-state index contributed by atoms with van der Waals surface area (Å²) in [5.74, 6) is 1.10. The highest BCUT2D eigenvalue weighted by Gasteiger charge is 2.06. The van der Waals surface area contributed by atoms with Crippen molar-refractivity contribution >= 4 is 28.5 Å². The van der Waals surface area contributed by atoms with E-state index in [-0.39, 0.29) is 5.91 Å². The van der Waals surface area contributed by atoms with Gasteiger partial charge in [0.05, 0.1) is 0 Å². The van der Waals surface area contributed by atoms with E-state index in [1.165, 1.54) is 5.56 Å². The second kappa shape index (κ2) is 8.55. The van der Waals surface area contributed by atoms with Crippen LogP contribution in [0.15, 0.2) is 59.6 Å². The summed E-state index contributed by atoms with van der Waals surface area (Å²) in [7, 11) is 0. The standard InChI is InChI=1S/C19H21N3OS/c23-18(16-5-2-1-3-6-16)20-13-11-15-7-9-17(10-8-15)22-19-21-12-4-14-24-19/h1-3,5-10H,4,11-14H2,(H,20,23)(H,21,22). The van der Waals surface area contributed by atoms with Gasteiger partial charge >= 0.3 is 0 Å². The van der Waals surface area contributed by atoms with Crippen molar-refractivity contribution in [2.24, 2.45) is 4.99 Å². The number of nitrogens with zero attached hydrogens (tertiary/aromatic N) is 1. The Bertz CT molecular complexity index is 698. The van der Waals surface area contributed by atoms with Gasteiger partial charge in [-0.15, -0.1) is 0 Å². The number of thioether (sulfide) groups is 1. The molecule has 124 valence electrons. The average molecular weight is 339 g/mol. The zero-order chi connectivity index (χ0) is 16.6. The van der Waals surface area contributed by atoms with E-state index in [1.54, 1.807) is 11.8 Å². The van der Waals surface area contributed by atoms with Gasteiger partial charge in [0.15, 0.2) is 5.17 Å². The minimum atomic E-state index is -0.0266. The van der Waals surface area contributed by atoms with Gasteiger partial charge in [0.1, 0.15) is 0 Å². The van der Waals surface area contributed by atoms with Crippen LogP contribution in [0.25, 0.3) is 0 Å². The van der Waals surface area contributed by atoms with Crippen molar-refractivity contribution in [1.82, 2.24) is 5.32 Å². The number of amides is 1. The molecule has 24 heavy (non-hydrogen) atoms. The fourth-order valence-electron chi connectivity index (χ4n) is 2.43. The number of hydrogen-bond donors (Lipinski definition) is 2. The lowest BCUT2D eigenvalue weighted by Crippen LogP contribution is -2.25. The first-order valence-corrected chi connectivity index (χ1v) is 9.16. The first-order valence-electron chi connectivity index (χ1n) is 8.18. The number of aliphatic imine (C=N–C) groups is 1. The molecule has 3 rings (SSSR count). The van der Waals surface area contributed by atoms with Crippen LogP contribution in [0.2, 0.25) is 0 Å². The van der Waals surface area contributed by atoms with E-state index in [1.807, 2.05) is 30.3 Å². The summed E-state index contributed by atoms with van der Waals surface area (Å²) < 4.78 is 0. The van der Waals surface area contributed by atoms with Gasteiger partial charge in [-0.3, -0.25) is 9.79 Å². The molecule has 1 amide bonds. The maximum Gasteiger partial charge on any atom is 0.251 e. The second-order valence-electron chi connectivity index (χ2n) is 5.58. The summed E-state index contributed by atoms with van der Waals surface area (Å²) in [6.45, 7) is 1.54. The number of carbonyl (C=O) groups excluding carboxylic acids is 1. The lowest BCUT2D eigenvalue weighted by molar-refractivity contribution is 0.0954. The molecule has 1 aliphatic rings. The molecule has 0 aromatic heterocycles. The summed E-state index contributed by atoms with van der Waals surface area (Å²) in [5, 5.41) is 7.30. The van der Waals surface area contributed by atoms with Crippen LogP contribution in [0.3, 0.4) is 0 Å². The lowest BCUT2D eigenvalue weighted by atomic mass is 10.1. The molecule has 1 heterocycles. The van der Waals surface area contributed by atoms with Crippen LogP contribution in [-0.4, -0.2) is 29.9 Å². The topological polar surface area (TPSA) is 53.5 Å². The predicted octanol–water partition coefficient (Wildman–Crippen LogP) is 3.56. The molecule has 0 saturated carbocycles. The smallest absolute Gasteiger partial charge is 0.251 e. The molecule has 2 aromatic rings. The molecule has 0 aliphatic carbocycles. The fraction of sp³-hybridized carbons (Fsp3) is 0.263. The Morgan fingerprint density at radius 3 is 2.58 bits per heavy atom. The molecule has 2 aromatic carbocycles. The molecule has 4 nitrogen and oxygen atoms in total. The van der Waals surface area contributed by atoms with Gasteiger partial charge in [0, 0.05) is 30.1 Å². The van der Waals surface area contributed by atoms with E-state index in [0.29, 0.717) is 12.1 Å². The minimum absolute atomic E-state index is 0.0266. The Labute approximate surface area is 146 Å². The Kier molecular flexibility index (Phi) is 5.90. The van der Waals surface area contributed by atoms with Crippen LogP contribution in [0.5, 0.6) is 0 Å². The van der Waals surface area contributed by atoms with E-state index >= 15 is 0 Å². The number of carbonyl (C=O) groups is 1. The van der Waals surface area contributed by atoms with E-state index in [2.05, 4.69) is 39.9 Å². The van der Waals surface area contributed by atoms with Crippen molar-refractivity contribution in [3.05, 3.63) is 65.7 Å². The number of rotatable bonds is 5. The zero-order valence-electron chi connectivity index (χ0n) is 13.5. The third kappa shape index (κ3) is 4.86. The van der Waals surface area contributed by atoms with E-state index < -0.39 is 0 Å². The van der Waals surface area contributed by atoms with Gasteiger partial charge in [-0.05, 0) is 42.7 Å². The van der Waals surface area contributed by atoms with Crippen molar-refractivity contribution < 1.29 is 4.79 Å². The maximum atomic E-state index is 12.0.